The molecule has 0 N–H and O–H groups in total. The molecule has 0 aromatic heterocycles. The van der Waals surface area contributed by atoms with E-state index in [1.54, 1.807) is 0 Å². The summed E-state index contributed by atoms with van der Waals surface area (Å²) in [6, 6.07) is 0. The molecule has 0 saturated heterocycles. The minimum absolute atomic E-state index is 0. The molecule has 0 amide bonds. The average molecular weight is 205 g/mol. The summed E-state index contributed by atoms with van der Waals surface area (Å²) in [5.41, 5.74) is 0. The second-order valence-corrected chi connectivity index (χ2v) is 1.41. The van der Waals surface area contributed by atoms with Crippen molar-refractivity contribution in [3.8, 4) is 0 Å². The van der Waals surface area contributed by atoms with Crippen LogP contribution in [0.4, 0.5) is 0 Å². The summed E-state index contributed by atoms with van der Waals surface area (Å²) in [6.07, 6.45) is 1.88. The summed E-state index contributed by atoms with van der Waals surface area (Å²) in [4.78, 5) is 0. The normalized spacial score (nSPS) is 5.00. The Hall–Kier alpha value is 0.820. The van der Waals surface area contributed by atoms with Crippen molar-refractivity contribution >= 4 is 34.7 Å². The molecule has 0 aromatic rings. The minimum atomic E-state index is 0. The topological polar surface area (TPSA) is 0 Å². The van der Waals surface area contributed by atoms with Gasteiger partial charge in [0.2, 0.25) is 0 Å². The van der Waals surface area contributed by atoms with Gasteiger partial charge in [0.1, 0.15) is 0 Å². The summed E-state index contributed by atoms with van der Waals surface area (Å²) >= 11 is 2.01. The second kappa shape index (κ2) is 8.84. The number of rotatable bonds is 1. The van der Waals surface area contributed by atoms with E-state index in [9.17, 15) is 0 Å². The van der Waals surface area contributed by atoms with E-state index in [4.69, 9.17) is 0 Å². The van der Waals surface area contributed by atoms with Crippen LogP contribution in [0.1, 0.15) is 0 Å². The maximum atomic E-state index is 3.48. The Morgan fingerprint density at radius 1 is 1.80 bits per heavy atom. The largest absolute Gasteiger partial charge is 0.147 e. The van der Waals surface area contributed by atoms with E-state index in [2.05, 4.69) is 6.58 Å². The van der Waals surface area contributed by atoms with E-state index in [-0.39, 0.29) is 12.4 Å². The van der Waals surface area contributed by atoms with Crippen LogP contribution in [0, 0.1) is 0 Å². The van der Waals surface area contributed by atoms with Crippen molar-refractivity contribution in [3.05, 3.63) is 12.7 Å². The van der Waals surface area contributed by atoms with Gasteiger partial charge < -0.3 is 0 Å². The van der Waals surface area contributed by atoms with Crippen LogP contribution in [0.2, 0.25) is 4.47 Å². The zero-order chi connectivity index (χ0) is 3.41. The van der Waals surface area contributed by atoms with Gasteiger partial charge in [0.05, 0.1) is 0 Å². The van der Waals surface area contributed by atoms with Gasteiger partial charge in [-0.25, -0.2) is 0 Å². The first kappa shape index (κ1) is 9.27. The molecule has 0 nitrogen and oxygen atoms in total. The number of hydrogen-bond donors (Lipinski definition) is 0. The van der Waals surface area contributed by atoms with Crippen LogP contribution in [0.25, 0.3) is 0 Å². The first-order chi connectivity index (χ1) is 1.91. The third kappa shape index (κ3) is 11.6. The summed E-state index contributed by atoms with van der Waals surface area (Å²) < 4.78 is 1.09. The van der Waals surface area contributed by atoms with Crippen molar-refractivity contribution < 1.29 is 0 Å². The summed E-state index contributed by atoms with van der Waals surface area (Å²) in [7, 11) is 0. The molecule has 0 bridgehead atoms. The molecule has 2 heteroatoms. The van der Waals surface area contributed by atoms with Crippen LogP contribution in [-0.2, 0) is 0 Å². The van der Waals surface area contributed by atoms with Gasteiger partial charge in [0.15, 0.2) is 0 Å². The maximum absolute atomic E-state index is 3.48. The molecule has 0 rings (SSSR count). The van der Waals surface area contributed by atoms with Crippen LogP contribution in [-0.4, -0.2) is 22.3 Å². The Balaban J connectivity index is 0. The van der Waals surface area contributed by atoms with Gasteiger partial charge in [-0.1, -0.05) is 0 Å². The molecule has 1 radical (unpaired) electrons. The van der Waals surface area contributed by atoms with Crippen molar-refractivity contribution in [1.82, 2.24) is 0 Å². The van der Waals surface area contributed by atoms with Gasteiger partial charge in [0.25, 0.3) is 0 Å². The fraction of sp³-hybridized carbons (Fsp3) is 0.333. The van der Waals surface area contributed by atoms with Crippen molar-refractivity contribution in [2.75, 3.05) is 0 Å². The molecular weight excluding hydrogens is 199 g/mol. The zero-order valence-electron chi connectivity index (χ0n) is 2.81. The van der Waals surface area contributed by atoms with Crippen molar-refractivity contribution in [3.63, 3.8) is 0 Å². The van der Waals surface area contributed by atoms with Gasteiger partial charge in [-0.3, -0.25) is 0 Å². The smallest absolute Gasteiger partial charge is 0.147 e. The molecule has 0 fully saturated rings. The predicted octanol–water partition coefficient (Wildman–Crippen LogP) is 1.18. The Morgan fingerprint density at radius 3 is 2.00 bits per heavy atom. The van der Waals surface area contributed by atoms with E-state index < -0.39 is 0 Å². The summed E-state index contributed by atoms with van der Waals surface area (Å²) in [6.45, 7) is 3.48. The quantitative estimate of drug-likeness (QED) is 0.445. The summed E-state index contributed by atoms with van der Waals surface area (Å²) in [5, 5.41) is 0. The van der Waals surface area contributed by atoms with Crippen LogP contribution >= 0.6 is 12.4 Å². The third-order valence-corrected chi connectivity index (χ3v) is 0.791. The number of hydrogen-bond acceptors (Lipinski definition) is 0. The molecule has 31 valence electrons. The standard InChI is InChI=1S/C3H5Te.ClH/c1-2-3-4;/h2H,1,3H2;1H. The molecule has 0 saturated carbocycles. The van der Waals surface area contributed by atoms with Gasteiger partial charge >= 0.3 is 39.4 Å². The Bertz CT molecular complexity index is 20.9. The molecule has 0 atom stereocenters. The Kier molecular flexibility index (Phi) is 16.4. The van der Waals surface area contributed by atoms with Gasteiger partial charge in [0, 0.05) is 0 Å². The second-order valence-electron chi connectivity index (χ2n) is 0.455. The van der Waals surface area contributed by atoms with E-state index >= 15 is 0 Å². The zero-order valence-corrected chi connectivity index (χ0v) is 5.95. The molecule has 0 unspecified atom stereocenters. The van der Waals surface area contributed by atoms with Gasteiger partial charge in [-0.15, -0.1) is 12.4 Å². The molecule has 0 spiro atoms. The monoisotopic (exact) mass is 207 g/mol. The first-order valence-electron chi connectivity index (χ1n) is 1.11. The fourth-order valence-corrected chi connectivity index (χ4v) is 0. The van der Waals surface area contributed by atoms with Crippen LogP contribution in [0.15, 0.2) is 12.7 Å². The average Bonchev–Trinajstić information content (AvgIpc) is 1.37. The van der Waals surface area contributed by atoms with Crippen molar-refractivity contribution in [2.24, 2.45) is 0 Å². The van der Waals surface area contributed by atoms with Crippen LogP contribution in [0.3, 0.4) is 0 Å². The number of halogens is 1. The Labute approximate surface area is 52.0 Å². The molecule has 0 aliphatic heterocycles. The first-order valence-corrected chi connectivity index (χ1v) is 2.75. The Morgan fingerprint density at radius 2 is 2.00 bits per heavy atom. The van der Waals surface area contributed by atoms with E-state index in [0.717, 1.165) is 4.47 Å². The molecule has 0 aliphatic rings. The summed E-state index contributed by atoms with van der Waals surface area (Å²) in [5.74, 6) is 0. The molecule has 0 aromatic carbocycles. The van der Waals surface area contributed by atoms with E-state index in [0.29, 0.717) is 0 Å². The fourth-order valence-electron chi connectivity index (χ4n) is 0. The van der Waals surface area contributed by atoms with Gasteiger partial charge in [-0.2, -0.15) is 0 Å². The molecule has 0 aliphatic carbocycles. The van der Waals surface area contributed by atoms with Gasteiger partial charge in [-0.05, 0) is 0 Å². The van der Waals surface area contributed by atoms with E-state index in [1.165, 1.54) is 0 Å². The van der Waals surface area contributed by atoms with Crippen molar-refractivity contribution in [1.29, 1.82) is 0 Å². The maximum Gasteiger partial charge on any atom is -0.147 e. The van der Waals surface area contributed by atoms with Crippen LogP contribution in [0.5, 0.6) is 0 Å². The molecular formula is C3H6ClTe. The minimum Gasteiger partial charge on any atom is -0.147 e. The third-order valence-electron chi connectivity index (χ3n) is 0.118. The predicted molar refractivity (Wildman–Crippen MR) is 28.0 cm³/mol. The molecule has 0 heterocycles. The molecule has 5 heavy (non-hydrogen) atoms. The van der Waals surface area contributed by atoms with Crippen LogP contribution < -0.4 is 0 Å². The number of allylic oxidation sites excluding steroid dienone is 1. The van der Waals surface area contributed by atoms with E-state index in [1.807, 2.05) is 28.4 Å². The van der Waals surface area contributed by atoms with Crippen molar-refractivity contribution in [2.45, 2.75) is 4.47 Å². The SMILES string of the molecule is C=CC[Te].Cl.